The van der Waals surface area contributed by atoms with Crippen LogP contribution >= 0.6 is 11.6 Å². The van der Waals surface area contributed by atoms with Crippen LogP contribution in [0.25, 0.3) is 0 Å². The number of amides is 1. The van der Waals surface area contributed by atoms with Gasteiger partial charge in [-0.25, -0.2) is 9.37 Å². The quantitative estimate of drug-likeness (QED) is 0.853. The van der Waals surface area contributed by atoms with E-state index in [-0.39, 0.29) is 10.6 Å². The van der Waals surface area contributed by atoms with Gasteiger partial charge in [0, 0.05) is 13.6 Å². The summed E-state index contributed by atoms with van der Waals surface area (Å²) >= 11 is 5.88. The van der Waals surface area contributed by atoms with Crippen molar-refractivity contribution in [2.45, 2.75) is 19.8 Å². The average Bonchev–Trinajstić information content (AvgIpc) is 2.53. The van der Waals surface area contributed by atoms with Crippen molar-refractivity contribution >= 4 is 29.0 Å². The van der Waals surface area contributed by atoms with Crippen LogP contribution in [0.4, 0.5) is 15.9 Å². The van der Waals surface area contributed by atoms with Crippen molar-refractivity contribution in [1.82, 2.24) is 4.98 Å². The lowest BCUT2D eigenvalue weighted by Gasteiger charge is -2.18. The first-order valence-corrected chi connectivity index (χ1v) is 7.83. The van der Waals surface area contributed by atoms with Crippen molar-refractivity contribution in [2.24, 2.45) is 0 Å². The van der Waals surface area contributed by atoms with Gasteiger partial charge in [0.2, 0.25) is 0 Å². The molecule has 1 aromatic carbocycles. The molecule has 1 N–H and O–H groups in total. The van der Waals surface area contributed by atoms with Crippen LogP contribution in [0.2, 0.25) is 5.02 Å². The fourth-order valence-electron chi connectivity index (χ4n) is 2.10. The molecule has 1 heterocycles. The van der Waals surface area contributed by atoms with Gasteiger partial charge in [0.25, 0.3) is 5.91 Å². The zero-order valence-corrected chi connectivity index (χ0v) is 13.9. The van der Waals surface area contributed by atoms with Gasteiger partial charge in [-0.2, -0.15) is 0 Å². The maximum atomic E-state index is 13.7. The summed E-state index contributed by atoms with van der Waals surface area (Å²) < 4.78 is 13.7. The van der Waals surface area contributed by atoms with Crippen LogP contribution in [-0.4, -0.2) is 24.5 Å². The second kappa shape index (κ2) is 7.92. The Morgan fingerprint density at radius 2 is 2.13 bits per heavy atom. The topological polar surface area (TPSA) is 45.2 Å². The number of benzene rings is 1. The fraction of sp³-hybridized carbons (Fsp3) is 0.294. The first-order valence-electron chi connectivity index (χ1n) is 7.45. The van der Waals surface area contributed by atoms with E-state index in [0.717, 1.165) is 25.1 Å². The van der Waals surface area contributed by atoms with E-state index in [1.807, 2.05) is 13.1 Å². The Kier molecular flexibility index (Phi) is 5.93. The molecule has 2 rings (SSSR count). The third kappa shape index (κ3) is 4.42. The van der Waals surface area contributed by atoms with Gasteiger partial charge in [0.1, 0.15) is 11.6 Å². The summed E-state index contributed by atoms with van der Waals surface area (Å²) in [5.41, 5.74) is 0.778. The maximum Gasteiger partial charge on any atom is 0.261 e. The summed E-state index contributed by atoms with van der Waals surface area (Å²) in [5, 5.41) is 2.62. The first-order chi connectivity index (χ1) is 11.0. The van der Waals surface area contributed by atoms with Gasteiger partial charge >= 0.3 is 0 Å². The molecule has 0 atom stereocenters. The molecular weight excluding hydrogens is 317 g/mol. The van der Waals surface area contributed by atoms with Crippen molar-refractivity contribution in [3.8, 4) is 0 Å². The number of carbonyl (C=O) groups excluding carboxylic acids is 1. The Balaban J connectivity index is 2.07. The lowest BCUT2D eigenvalue weighted by Crippen LogP contribution is -2.19. The summed E-state index contributed by atoms with van der Waals surface area (Å²) in [4.78, 5) is 18.4. The van der Waals surface area contributed by atoms with Crippen LogP contribution in [0, 0.1) is 5.82 Å². The van der Waals surface area contributed by atoms with Crippen LogP contribution in [0.3, 0.4) is 0 Å². The third-order valence-corrected chi connectivity index (χ3v) is 3.78. The Morgan fingerprint density at radius 3 is 2.74 bits per heavy atom. The van der Waals surface area contributed by atoms with E-state index in [1.54, 1.807) is 12.3 Å². The molecule has 0 aliphatic heterocycles. The summed E-state index contributed by atoms with van der Waals surface area (Å²) in [7, 11) is 1.99. The zero-order chi connectivity index (χ0) is 16.8. The highest BCUT2D eigenvalue weighted by molar-refractivity contribution is 6.34. The predicted octanol–water partition coefficient (Wildman–Crippen LogP) is 4.36. The van der Waals surface area contributed by atoms with E-state index in [9.17, 15) is 9.18 Å². The fourth-order valence-corrected chi connectivity index (χ4v) is 2.35. The number of rotatable bonds is 6. The lowest BCUT2D eigenvalue weighted by molar-refractivity contribution is 0.102. The minimum Gasteiger partial charge on any atom is -0.373 e. The molecule has 122 valence electrons. The van der Waals surface area contributed by atoms with Crippen LogP contribution < -0.4 is 10.2 Å². The number of anilines is 2. The molecule has 4 nitrogen and oxygen atoms in total. The van der Waals surface area contributed by atoms with Gasteiger partial charge in [0.15, 0.2) is 0 Å². The number of halogens is 2. The second-order valence-corrected chi connectivity index (χ2v) is 5.63. The number of pyridine rings is 1. The van der Waals surface area contributed by atoms with Gasteiger partial charge in [-0.1, -0.05) is 31.0 Å². The minimum absolute atomic E-state index is 0.0680. The van der Waals surface area contributed by atoms with E-state index in [4.69, 9.17) is 11.6 Å². The number of aromatic nitrogens is 1. The number of hydrogen-bond acceptors (Lipinski definition) is 3. The minimum atomic E-state index is -0.661. The molecule has 0 aliphatic carbocycles. The molecule has 0 unspecified atom stereocenters. The highest BCUT2D eigenvalue weighted by Gasteiger charge is 2.16. The highest BCUT2D eigenvalue weighted by Crippen LogP contribution is 2.21. The lowest BCUT2D eigenvalue weighted by atomic mass is 10.2. The molecule has 0 spiro atoms. The van der Waals surface area contributed by atoms with Crippen LogP contribution in [0.1, 0.15) is 30.1 Å². The van der Waals surface area contributed by atoms with Crippen LogP contribution in [-0.2, 0) is 0 Å². The molecule has 6 heteroatoms. The highest BCUT2D eigenvalue weighted by atomic mass is 35.5. The first kappa shape index (κ1) is 17.2. The molecule has 0 radical (unpaired) electrons. The van der Waals surface area contributed by atoms with Crippen molar-refractivity contribution < 1.29 is 9.18 Å². The monoisotopic (exact) mass is 335 g/mol. The van der Waals surface area contributed by atoms with Crippen molar-refractivity contribution in [3.05, 3.63) is 52.9 Å². The largest absolute Gasteiger partial charge is 0.373 e. The standard InChI is InChI=1S/C17H19ClFN3O/c1-3-4-10-22(2)12-8-9-15(20-11-12)21-17(23)16-13(18)6-5-7-14(16)19/h5-9,11H,3-4,10H2,1-2H3,(H,20,21,23). The van der Waals surface area contributed by atoms with E-state index in [0.29, 0.717) is 5.82 Å². The molecule has 0 saturated heterocycles. The molecule has 23 heavy (non-hydrogen) atoms. The summed E-state index contributed by atoms with van der Waals surface area (Å²) in [6.45, 7) is 3.08. The van der Waals surface area contributed by atoms with Crippen LogP contribution in [0.5, 0.6) is 0 Å². The molecule has 0 aliphatic rings. The third-order valence-electron chi connectivity index (χ3n) is 3.47. The number of hydrogen-bond donors (Lipinski definition) is 1. The van der Waals surface area contributed by atoms with Gasteiger partial charge in [-0.15, -0.1) is 0 Å². The molecule has 1 amide bonds. The Hall–Kier alpha value is -2.14. The number of carbonyl (C=O) groups is 1. The smallest absolute Gasteiger partial charge is 0.261 e. The summed E-state index contributed by atoms with van der Waals surface area (Å²) in [5.74, 6) is -0.930. The normalized spacial score (nSPS) is 10.4. The molecular formula is C17H19ClFN3O. The molecule has 0 fully saturated rings. The Labute approximate surface area is 140 Å². The van der Waals surface area contributed by atoms with Gasteiger partial charge in [0.05, 0.1) is 22.5 Å². The predicted molar refractivity (Wildman–Crippen MR) is 91.8 cm³/mol. The molecule has 0 bridgehead atoms. The number of nitrogens with one attached hydrogen (secondary N) is 1. The average molecular weight is 336 g/mol. The van der Waals surface area contributed by atoms with E-state index < -0.39 is 11.7 Å². The molecule has 1 aromatic heterocycles. The van der Waals surface area contributed by atoms with Crippen molar-refractivity contribution in [3.63, 3.8) is 0 Å². The van der Waals surface area contributed by atoms with Crippen LogP contribution in [0.15, 0.2) is 36.5 Å². The Morgan fingerprint density at radius 1 is 1.35 bits per heavy atom. The van der Waals surface area contributed by atoms with E-state index in [2.05, 4.69) is 22.1 Å². The van der Waals surface area contributed by atoms with Gasteiger partial charge in [-0.05, 0) is 30.7 Å². The zero-order valence-electron chi connectivity index (χ0n) is 13.1. The van der Waals surface area contributed by atoms with Gasteiger partial charge in [-0.3, -0.25) is 4.79 Å². The summed E-state index contributed by atoms with van der Waals surface area (Å²) in [6, 6.07) is 7.66. The van der Waals surface area contributed by atoms with Crippen molar-refractivity contribution in [1.29, 1.82) is 0 Å². The molecule has 0 saturated carbocycles. The van der Waals surface area contributed by atoms with E-state index >= 15 is 0 Å². The van der Waals surface area contributed by atoms with E-state index in [1.165, 1.54) is 18.2 Å². The van der Waals surface area contributed by atoms with Crippen molar-refractivity contribution in [2.75, 3.05) is 23.8 Å². The Bertz CT molecular complexity index is 656. The van der Waals surface area contributed by atoms with Gasteiger partial charge < -0.3 is 10.2 Å². The summed E-state index contributed by atoms with van der Waals surface area (Å²) in [6.07, 6.45) is 3.89. The second-order valence-electron chi connectivity index (χ2n) is 5.23. The number of unbranched alkanes of at least 4 members (excludes halogenated alkanes) is 1. The SMILES string of the molecule is CCCCN(C)c1ccc(NC(=O)c2c(F)cccc2Cl)nc1. The molecule has 2 aromatic rings. The maximum absolute atomic E-state index is 13.7. The number of nitrogens with zero attached hydrogens (tertiary/aromatic N) is 2.